The zero-order chi connectivity index (χ0) is 20.5. The van der Waals surface area contributed by atoms with Crippen molar-refractivity contribution in [1.29, 1.82) is 0 Å². The van der Waals surface area contributed by atoms with E-state index in [2.05, 4.69) is 32.7 Å². The number of aryl methyl sites for hydroxylation is 1. The first-order chi connectivity index (χ1) is 14.1. The van der Waals surface area contributed by atoms with Crippen molar-refractivity contribution in [3.63, 3.8) is 0 Å². The van der Waals surface area contributed by atoms with Crippen LogP contribution in [-0.2, 0) is 12.8 Å². The molecule has 1 heterocycles. The second-order valence-electron chi connectivity index (χ2n) is 6.70. The van der Waals surface area contributed by atoms with Crippen LogP contribution in [0.1, 0.15) is 27.4 Å². The van der Waals surface area contributed by atoms with Gasteiger partial charge in [-0.25, -0.2) is 9.97 Å². The van der Waals surface area contributed by atoms with E-state index in [0.29, 0.717) is 23.9 Å². The first kappa shape index (κ1) is 20.3. The minimum Gasteiger partial charge on any atom is -0.497 e. The molecule has 0 spiro atoms. The SMILES string of the molecule is COc1ccc(CCNC(=O)c2cc(NCCc3ccccc3)nc(C)n2)cc1. The average Bonchev–Trinajstić information content (AvgIpc) is 2.74. The highest BCUT2D eigenvalue weighted by Gasteiger charge is 2.10. The van der Waals surface area contributed by atoms with Crippen LogP contribution in [-0.4, -0.2) is 36.1 Å². The Morgan fingerprint density at radius 2 is 1.62 bits per heavy atom. The summed E-state index contributed by atoms with van der Waals surface area (Å²) in [5.74, 6) is 1.85. The van der Waals surface area contributed by atoms with Crippen LogP contribution in [0.4, 0.5) is 5.82 Å². The van der Waals surface area contributed by atoms with E-state index in [0.717, 1.165) is 30.7 Å². The fraction of sp³-hybridized carbons (Fsp3) is 0.261. The molecular weight excluding hydrogens is 364 g/mol. The third kappa shape index (κ3) is 6.31. The Labute approximate surface area is 171 Å². The third-order valence-electron chi connectivity index (χ3n) is 4.49. The van der Waals surface area contributed by atoms with Crippen molar-refractivity contribution in [2.45, 2.75) is 19.8 Å². The highest BCUT2D eigenvalue weighted by molar-refractivity contribution is 5.92. The van der Waals surface area contributed by atoms with E-state index in [9.17, 15) is 4.79 Å². The van der Waals surface area contributed by atoms with Gasteiger partial charge in [-0.3, -0.25) is 4.79 Å². The van der Waals surface area contributed by atoms with Crippen LogP contribution >= 0.6 is 0 Å². The fourth-order valence-corrected chi connectivity index (χ4v) is 2.96. The molecule has 2 N–H and O–H groups in total. The predicted octanol–water partition coefficient (Wildman–Crippen LogP) is 3.42. The van der Waals surface area contributed by atoms with Crippen molar-refractivity contribution in [2.75, 3.05) is 25.5 Å². The molecule has 0 saturated heterocycles. The molecule has 2 aromatic carbocycles. The molecule has 0 aliphatic carbocycles. The van der Waals surface area contributed by atoms with Gasteiger partial charge in [-0.1, -0.05) is 42.5 Å². The highest BCUT2D eigenvalue weighted by atomic mass is 16.5. The van der Waals surface area contributed by atoms with E-state index in [1.807, 2.05) is 42.5 Å². The van der Waals surface area contributed by atoms with Gasteiger partial charge in [0.15, 0.2) is 0 Å². The van der Waals surface area contributed by atoms with Gasteiger partial charge in [0, 0.05) is 19.2 Å². The highest BCUT2D eigenvalue weighted by Crippen LogP contribution is 2.12. The van der Waals surface area contributed by atoms with Crippen molar-refractivity contribution in [1.82, 2.24) is 15.3 Å². The Morgan fingerprint density at radius 3 is 2.34 bits per heavy atom. The molecule has 0 bridgehead atoms. The summed E-state index contributed by atoms with van der Waals surface area (Å²) in [7, 11) is 1.64. The van der Waals surface area contributed by atoms with Gasteiger partial charge in [0.05, 0.1) is 7.11 Å². The van der Waals surface area contributed by atoms with E-state index >= 15 is 0 Å². The maximum absolute atomic E-state index is 12.5. The topological polar surface area (TPSA) is 76.1 Å². The summed E-state index contributed by atoms with van der Waals surface area (Å²) in [5, 5.41) is 6.20. The number of methoxy groups -OCH3 is 1. The third-order valence-corrected chi connectivity index (χ3v) is 4.49. The fourth-order valence-electron chi connectivity index (χ4n) is 2.96. The van der Waals surface area contributed by atoms with Crippen molar-refractivity contribution in [3.05, 3.63) is 83.3 Å². The van der Waals surface area contributed by atoms with Gasteiger partial charge in [-0.2, -0.15) is 0 Å². The molecule has 3 rings (SSSR count). The minimum absolute atomic E-state index is 0.199. The lowest BCUT2D eigenvalue weighted by Crippen LogP contribution is -2.27. The van der Waals surface area contributed by atoms with Crippen molar-refractivity contribution >= 4 is 11.7 Å². The Morgan fingerprint density at radius 1 is 0.931 bits per heavy atom. The molecule has 0 atom stereocenters. The standard InChI is InChI=1S/C23H26N4O2/c1-17-26-21(16-22(27-17)24-14-12-18-6-4-3-5-7-18)23(28)25-15-13-19-8-10-20(29-2)11-9-19/h3-11,16H,12-15H2,1-2H3,(H,25,28)(H,24,26,27). The van der Waals surface area contributed by atoms with Gasteiger partial charge in [0.2, 0.25) is 0 Å². The summed E-state index contributed by atoms with van der Waals surface area (Å²) in [6, 6.07) is 19.8. The van der Waals surface area contributed by atoms with Crippen LogP contribution in [0.3, 0.4) is 0 Å². The maximum Gasteiger partial charge on any atom is 0.270 e. The first-order valence-electron chi connectivity index (χ1n) is 9.68. The summed E-state index contributed by atoms with van der Waals surface area (Å²) in [6.45, 7) is 3.06. The molecule has 29 heavy (non-hydrogen) atoms. The molecule has 0 fully saturated rings. The number of carbonyl (C=O) groups is 1. The molecular formula is C23H26N4O2. The first-order valence-corrected chi connectivity index (χ1v) is 9.68. The van der Waals surface area contributed by atoms with Gasteiger partial charge in [0.25, 0.3) is 5.91 Å². The van der Waals surface area contributed by atoms with Crippen LogP contribution < -0.4 is 15.4 Å². The average molecular weight is 390 g/mol. The van der Waals surface area contributed by atoms with Crippen LogP contribution in [0.25, 0.3) is 0 Å². The molecule has 0 unspecified atom stereocenters. The predicted molar refractivity (Wildman–Crippen MR) is 114 cm³/mol. The Hall–Kier alpha value is -3.41. The molecule has 1 amide bonds. The van der Waals surface area contributed by atoms with Gasteiger partial charge >= 0.3 is 0 Å². The lowest BCUT2D eigenvalue weighted by molar-refractivity contribution is 0.0949. The largest absolute Gasteiger partial charge is 0.497 e. The number of nitrogens with one attached hydrogen (secondary N) is 2. The molecule has 0 saturated carbocycles. The molecule has 6 heteroatoms. The van der Waals surface area contributed by atoms with E-state index in [-0.39, 0.29) is 5.91 Å². The van der Waals surface area contributed by atoms with Crippen molar-refractivity contribution in [2.24, 2.45) is 0 Å². The normalized spacial score (nSPS) is 10.4. The van der Waals surface area contributed by atoms with Crippen molar-refractivity contribution < 1.29 is 9.53 Å². The number of ether oxygens (including phenoxy) is 1. The second kappa shape index (κ2) is 10.2. The van der Waals surface area contributed by atoms with Gasteiger partial charge < -0.3 is 15.4 Å². The number of aromatic nitrogens is 2. The molecule has 0 aliphatic heterocycles. The van der Waals surface area contributed by atoms with Crippen LogP contribution in [0.2, 0.25) is 0 Å². The Bertz CT molecular complexity index is 927. The molecule has 0 aliphatic rings. The summed E-state index contributed by atoms with van der Waals surface area (Å²) in [4.78, 5) is 21.1. The number of carbonyl (C=O) groups excluding carboxylic acids is 1. The smallest absolute Gasteiger partial charge is 0.270 e. The van der Waals surface area contributed by atoms with Gasteiger partial charge in [-0.05, 0) is 43.0 Å². The van der Waals surface area contributed by atoms with Crippen molar-refractivity contribution in [3.8, 4) is 5.75 Å². The number of benzene rings is 2. The number of anilines is 1. The van der Waals surface area contributed by atoms with E-state index in [1.54, 1.807) is 20.1 Å². The lowest BCUT2D eigenvalue weighted by atomic mass is 10.1. The van der Waals surface area contributed by atoms with E-state index in [4.69, 9.17) is 4.74 Å². The maximum atomic E-state index is 12.5. The summed E-state index contributed by atoms with van der Waals surface area (Å²) < 4.78 is 5.16. The second-order valence-corrected chi connectivity index (χ2v) is 6.70. The van der Waals surface area contributed by atoms with Gasteiger partial charge in [0.1, 0.15) is 23.1 Å². The van der Waals surface area contributed by atoms with Crippen LogP contribution in [0.15, 0.2) is 60.7 Å². The summed E-state index contributed by atoms with van der Waals surface area (Å²) in [6.07, 6.45) is 1.62. The number of hydrogen-bond acceptors (Lipinski definition) is 5. The Balaban J connectivity index is 1.51. The molecule has 0 radical (unpaired) electrons. The molecule has 150 valence electrons. The zero-order valence-corrected chi connectivity index (χ0v) is 16.8. The van der Waals surface area contributed by atoms with Crippen LogP contribution in [0, 0.1) is 6.92 Å². The summed E-state index contributed by atoms with van der Waals surface area (Å²) >= 11 is 0. The number of hydrogen-bond donors (Lipinski definition) is 2. The summed E-state index contributed by atoms with van der Waals surface area (Å²) in [5.41, 5.74) is 2.75. The number of nitrogens with zero attached hydrogens (tertiary/aromatic N) is 2. The minimum atomic E-state index is -0.199. The lowest BCUT2D eigenvalue weighted by Gasteiger charge is -2.09. The van der Waals surface area contributed by atoms with Crippen LogP contribution in [0.5, 0.6) is 5.75 Å². The molecule has 3 aromatic rings. The molecule has 1 aromatic heterocycles. The zero-order valence-electron chi connectivity index (χ0n) is 16.8. The number of rotatable bonds is 9. The van der Waals surface area contributed by atoms with Gasteiger partial charge in [-0.15, -0.1) is 0 Å². The monoisotopic (exact) mass is 390 g/mol. The molecule has 6 nitrogen and oxygen atoms in total. The van der Waals surface area contributed by atoms with E-state index in [1.165, 1.54) is 5.56 Å². The number of amides is 1. The Kier molecular flexibility index (Phi) is 7.16. The van der Waals surface area contributed by atoms with E-state index < -0.39 is 0 Å². The quantitative estimate of drug-likeness (QED) is 0.585.